The van der Waals surface area contributed by atoms with Crippen LogP contribution in [-0.4, -0.2) is 0 Å². The molecule has 0 aliphatic heterocycles. The zero-order valence-electron chi connectivity index (χ0n) is 11.5. The molecule has 100 valence electrons. The monoisotopic (exact) mass is 270 g/mol. The van der Waals surface area contributed by atoms with Crippen LogP contribution < -0.4 is 0 Å². The first-order valence-electron chi connectivity index (χ1n) is 7.39. The number of furan rings is 1. The quantitative estimate of drug-likeness (QED) is 0.530. The van der Waals surface area contributed by atoms with Crippen LogP contribution in [0.1, 0.15) is 17.2 Å². The number of benzene rings is 2. The van der Waals surface area contributed by atoms with E-state index >= 15 is 0 Å². The van der Waals surface area contributed by atoms with Crippen LogP contribution in [0.5, 0.6) is 0 Å². The summed E-state index contributed by atoms with van der Waals surface area (Å²) in [5.41, 5.74) is 2.34. The summed E-state index contributed by atoms with van der Waals surface area (Å²) in [4.78, 5) is 0. The molecule has 0 spiro atoms. The van der Waals surface area contributed by atoms with E-state index in [2.05, 4.69) is 72.9 Å². The Hall–Kier alpha value is -2.54. The Morgan fingerprint density at radius 2 is 1.76 bits per heavy atom. The summed E-state index contributed by atoms with van der Waals surface area (Å²) in [6.07, 6.45) is 13.2. The van der Waals surface area contributed by atoms with Crippen LogP contribution in [0.25, 0.3) is 27.8 Å². The molecule has 0 fully saturated rings. The minimum atomic E-state index is 0.391. The van der Waals surface area contributed by atoms with Crippen molar-refractivity contribution in [1.82, 2.24) is 0 Å². The van der Waals surface area contributed by atoms with Crippen molar-refractivity contribution in [3.63, 3.8) is 0 Å². The first kappa shape index (κ1) is 11.2. The van der Waals surface area contributed by atoms with Gasteiger partial charge in [-0.25, -0.2) is 0 Å². The highest BCUT2D eigenvalue weighted by molar-refractivity contribution is 6.09. The Kier molecular flexibility index (Phi) is 2.12. The lowest BCUT2D eigenvalue weighted by Crippen LogP contribution is -2.12. The molecule has 1 nitrogen and oxygen atoms in total. The predicted molar refractivity (Wildman–Crippen MR) is 87.3 cm³/mol. The van der Waals surface area contributed by atoms with Crippen LogP contribution in [0.2, 0.25) is 0 Å². The third-order valence-electron chi connectivity index (χ3n) is 4.63. The molecule has 1 heterocycles. The molecule has 0 saturated heterocycles. The van der Waals surface area contributed by atoms with Gasteiger partial charge < -0.3 is 4.42 Å². The average Bonchev–Trinajstić information content (AvgIpc) is 2.94. The van der Waals surface area contributed by atoms with Crippen LogP contribution in [0, 0.1) is 5.92 Å². The minimum Gasteiger partial charge on any atom is -0.456 e. The zero-order valence-corrected chi connectivity index (χ0v) is 11.5. The Morgan fingerprint density at radius 3 is 2.76 bits per heavy atom. The van der Waals surface area contributed by atoms with E-state index in [1.807, 2.05) is 0 Å². The molecule has 5 rings (SSSR count). The van der Waals surface area contributed by atoms with Gasteiger partial charge in [0.2, 0.25) is 0 Å². The van der Waals surface area contributed by atoms with Gasteiger partial charge in [-0.15, -0.1) is 0 Å². The lowest BCUT2D eigenvalue weighted by molar-refractivity contribution is 0.578. The number of fused-ring (bicyclic) bond motifs is 7. The van der Waals surface area contributed by atoms with Gasteiger partial charge in [0.1, 0.15) is 11.3 Å². The third-order valence-corrected chi connectivity index (χ3v) is 4.63. The normalized spacial score (nSPS) is 22.7. The molecule has 0 saturated carbocycles. The molecule has 0 bridgehead atoms. The maximum atomic E-state index is 6.10. The fourth-order valence-corrected chi connectivity index (χ4v) is 3.66. The number of hydrogen-bond donors (Lipinski definition) is 0. The number of allylic oxidation sites excluding steroid dienone is 5. The Morgan fingerprint density at radius 1 is 0.857 bits per heavy atom. The largest absolute Gasteiger partial charge is 0.456 e. The van der Waals surface area contributed by atoms with Gasteiger partial charge >= 0.3 is 0 Å². The molecule has 2 unspecified atom stereocenters. The summed E-state index contributed by atoms with van der Waals surface area (Å²) in [6, 6.07) is 12.8. The van der Waals surface area contributed by atoms with E-state index in [0.717, 1.165) is 11.3 Å². The van der Waals surface area contributed by atoms with Gasteiger partial charge in [0, 0.05) is 22.8 Å². The Balaban J connectivity index is 1.93. The highest BCUT2D eigenvalue weighted by atomic mass is 16.3. The third kappa shape index (κ3) is 1.46. The fraction of sp³-hybridized carbons (Fsp3) is 0.100. The van der Waals surface area contributed by atoms with E-state index in [-0.39, 0.29) is 0 Å². The van der Waals surface area contributed by atoms with Crippen LogP contribution in [0.4, 0.5) is 0 Å². The molecule has 0 amide bonds. The summed E-state index contributed by atoms with van der Waals surface area (Å²) >= 11 is 0. The first-order chi connectivity index (χ1) is 10.4. The number of rotatable bonds is 0. The second kappa shape index (κ2) is 3.98. The molecule has 0 N–H and O–H groups in total. The standard InChI is InChI=1S/C20H14O/c1-3-7-15-13(5-1)9-11-17-19(15)20-16-8-4-2-6-14(16)10-12-18(20)21-17/h1-13,15H. The molecule has 2 aliphatic carbocycles. The van der Waals surface area contributed by atoms with Gasteiger partial charge in [0.25, 0.3) is 0 Å². The van der Waals surface area contributed by atoms with Crippen LogP contribution in [0.15, 0.2) is 71.2 Å². The lowest BCUT2D eigenvalue weighted by Gasteiger charge is -2.24. The number of hydrogen-bond acceptors (Lipinski definition) is 1. The van der Waals surface area contributed by atoms with E-state index in [1.54, 1.807) is 0 Å². The van der Waals surface area contributed by atoms with Gasteiger partial charge in [0.15, 0.2) is 0 Å². The predicted octanol–water partition coefficient (Wildman–Crippen LogP) is 5.44. The second-order valence-corrected chi connectivity index (χ2v) is 5.77. The maximum absolute atomic E-state index is 6.10. The fourth-order valence-electron chi connectivity index (χ4n) is 3.66. The molecule has 1 heteroatoms. The smallest absolute Gasteiger partial charge is 0.135 e. The SMILES string of the molecule is C1=CC2C=Cc3oc4ccc5ccccc5c4c3C2C=C1. The van der Waals surface area contributed by atoms with Crippen molar-refractivity contribution < 1.29 is 4.42 Å². The molecule has 3 aromatic rings. The Labute approximate surface area is 122 Å². The van der Waals surface area contributed by atoms with Crippen LogP contribution in [-0.2, 0) is 0 Å². The van der Waals surface area contributed by atoms with Crippen molar-refractivity contribution >= 4 is 27.8 Å². The average molecular weight is 270 g/mol. The summed E-state index contributed by atoms with van der Waals surface area (Å²) in [7, 11) is 0. The van der Waals surface area contributed by atoms with Gasteiger partial charge in [-0.1, -0.05) is 60.7 Å². The van der Waals surface area contributed by atoms with E-state index in [1.165, 1.54) is 21.7 Å². The second-order valence-electron chi connectivity index (χ2n) is 5.77. The summed E-state index contributed by atoms with van der Waals surface area (Å²) in [5.74, 6) is 1.85. The molecule has 1 aromatic heterocycles. The summed E-state index contributed by atoms with van der Waals surface area (Å²) in [5, 5.41) is 3.84. The van der Waals surface area contributed by atoms with Gasteiger partial charge in [-0.05, 0) is 22.9 Å². The zero-order chi connectivity index (χ0) is 13.8. The molecular formula is C20H14O. The van der Waals surface area contributed by atoms with Crippen molar-refractivity contribution in [2.24, 2.45) is 5.92 Å². The highest BCUT2D eigenvalue weighted by Gasteiger charge is 2.29. The summed E-state index contributed by atoms with van der Waals surface area (Å²) < 4.78 is 6.10. The minimum absolute atomic E-state index is 0.391. The molecule has 2 atom stereocenters. The maximum Gasteiger partial charge on any atom is 0.135 e. The van der Waals surface area contributed by atoms with E-state index in [0.29, 0.717) is 11.8 Å². The molecule has 21 heavy (non-hydrogen) atoms. The summed E-state index contributed by atoms with van der Waals surface area (Å²) in [6.45, 7) is 0. The van der Waals surface area contributed by atoms with E-state index < -0.39 is 0 Å². The van der Waals surface area contributed by atoms with E-state index in [4.69, 9.17) is 4.42 Å². The molecule has 2 aliphatic rings. The molecule has 0 radical (unpaired) electrons. The first-order valence-corrected chi connectivity index (χ1v) is 7.39. The van der Waals surface area contributed by atoms with Gasteiger partial charge in [-0.3, -0.25) is 0 Å². The molecule has 2 aromatic carbocycles. The van der Waals surface area contributed by atoms with Gasteiger partial charge in [-0.2, -0.15) is 0 Å². The van der Waals surface area contributed by atoms with Crippen LogP contribution in [0.3, 0.4) is 0 Å². The van der Waals surface area contributed by atoms with Crippen molar-refractivity contribution in [2.45, 2.75) is 5.92 Å². The van der Waals surface area contributed by atoms with Crippen molar-refractivity contribution in [3.8, 4) is 0 Å². The topological polar surface area (TPSA) is 13.1 Å². The van der Waals surface area contributed by atoms with Crippen LogP contribution >= 0.6 is 0 Å². The highest BCUT2D eigenvalue weighted by Crippen LogP contribution is 2.45. The van der Waals surface area contributed by atoms with Crippen molar-refractivity contribution in [1.29, 1.82) is 0 Å². The van der Waals surface area contributed by atoms with Crippen molar-refractivity contribution in [2.75, 3.05) is 0 Å². The van der Waals surface area contributed by atoms with Crippen molar-refractivity contribution in [3.05, 3.63) is 78.1 Å². The van der Waals surface area contributed by atoms with Gasteiger partial charge in [0.05, 0.1) is 0 Å². The Bertz CT molecular complexity index is 953. The van der Waals surface area contributed by atoms with E-state index in [9.17, 15) is 0 Å². The lowest BCUT2D eigenvalue weighted by atomic mass is 9.78. The molecular weight excluding hydrogens is 256 g/mol.